The molecule has 27 heavy (non-hydrogen) atoms. The number of hydrogen-bond donors (Lipinski definition) is 0. The molecule has 4 rings (SSSR count). The summed E-state index contributed by atoms with van der Waals surface area (Å²) in [6.07, 6.45) is 3.41. The number of hydrogen-bond acceptors (Lipinski definition) is 5. The van der Waals surface area contributed by atoms with E-state index < -0.39 is 17.8 Å². The van der Waals surface area contributed by atoms with E-state index in [0.717, 1.165) is 40.9 Å². The molecule has 1 aliphatic carbocycles. The van der Waals surface area contributed by atoms with Crippen LogP contribution in [0, 0.1) is 0 Å². The van der Waals surface area contributed by atoms with Crippen LogP contribution >= 0.6 is 11.6 Å². The number of nitrogens with zero attached hydrogens (tertiary/aromatic N) is 3. The van der Waals surface area contributed by atoms with E-state index in [1.165, 1.54) is 0 Å². The summed E-state index contributed by atoms with van der Waals surface area (Å²) in [5.74, 6) is -0.902. The summed E-state index contributed by atoms with van der Waals surface area (Å²) in [4.78, 5) is 43.8. The molecule has 7 nitrogen and oxygen atoms in total. The van der Waals surface area contributed by atoms with Crippen molar-refractivity contribution in [1.82, 2.24) is 14.8 Å². The fourth-order valence-electron chi connectivity index (χ4n) is 3.72. The van der Waals surface area contributed by atoms with Crippen LogP contribution in [-0.4, -0.2) is 45.8 Å². The highest BCUT2D eigenvalue weighted by Crippen LogP contribution is 2.30. The first-order valence-corrected chi connectivity index (χ1v) is 9.19. The van der Waals surface area contributed by atoms with Crippen molar-refractivity contribution < 1.29 is 19.1 Å². The summed E-state index contributed by atoms with van der Waals surface area (Å²) in [6, 6.07) is 6.39. The van der Waals surface area contributed by atoms with E-state index in [-0.39, 0.29) is 17.7 Å². The zero-order valence-electron chi connectivity index (χ0n) is 14.8. The monoisotopic (exact) mass is 387 g/mol. The van der Waals surface area contributed by atoms with Crippen molar-refractivity contribution in [2.75, 3.05) is 7.11 Å². The zero-order valence-corrected chi connectivity index (χ0v) is 15.5. The molecule has 8 heteroatoms. The topological polar surface area (TPSA) is 79.8 Å². The standard InChI is InChI=1S/C19H18ClN3O4/c1-27-14-7-6-11-8-12(16(20)21-15(11)9-14)10-22-17(24)18(25)23(19(22)26)13-4-2-3-5-13/h6-9,13H,2-5,10H2,1H3. The van der Waals surface area contributed by atoms with E-state index in [1.54, 1.807) is 25.3 Å². The van der Waals surface area contributed by atoms with Gasteiger partial charge in [0.25, 0.3) is 0 Å². The van der Waals surface area contributed by atoms with Crippen LogP contribution in [0.5, 0.6) is 5.75 Å². The van der Waals surface area contributed by atoms with Crippen molar-refractivity contribution in [3.05, 3.63) is 35.0 Å². The number of rotatable bonds is 4. The SMILES string of the molecule is COc1ccc2cc(CN3C(=O)C(=O)N(C4CCCC4)C3=O)c(Cl)nc2c1. The lowest BCUT2D eigenvalue weighted by molar-refractivity contribution is -0.144. The third-order valence-corrected chi connectivity index (χ3v) is 5.48. The van der Waals surface area contributed by atoms with Crippen LogP contribution in [0.2, 0.25) is 5.15 Å². The van der Waals surface area contributed by atoms with Gasteiger partial charge >= 0.3 is 17.8 Å². The second-order valence-corrected chi connectivity index (χ2v) is 7.14. The van der Waals surface area contributed by atoms with Crippen molar-refractivity contribution in [2.45, 2.75) is 38.3 Å². The Morgan fingerprint density at radius 3 is 2.59 bits per heavy atom. The molecule has 0 unspecified atom stereocenters. The highest BCUT2D eigenvalue weighted by Gasteiger charge is 2.48. The second kappa shape index (κ2) is 6.81. The van der Waals surface area contributed by atoms with Gasteiger partial charge in [0.1, 0.15) is 10.9 Å². The number of carbonyl (C=O) groups excluding carboxylic acids is 3. The van der Waals surface area contributed by atoms with E-state index >= 15 is 0 Å². The lowest BCUT2D eigenvalue weighted by Crippen LogP contribution is -2.39. The molecule has 0 spiro atoms. The number of pyridine rings is 1. The van der Waals surface area contributed by atoms with E-state index in [9.17, 15) is 14.4 Å². The Morgan fingerprint density at radius 2 is 1.89 bits per heavy atom. The number of amides is 4. The summed E-state index contributed by atoms with van der Waals surface area (Å²) in [5, 5.41) is 0.983. The Bertz CT molecular complexity index is 955. The van der Waals surface area contributed by atoms with Gasteiger partial charge in [0.05, 0.1) is 19.2 Å². The normalized spacial score (nSPS) is 18.2. The van der Waals surface area contributed by atoms with Crippen molar-refractivity contribution in [1.29, 1.82) is 0 Å². The zero-order chi connectivity index (χ0) is 19.1. The molecule has 1 aromatic carbocycles. The van der Waals surface area contributed by atoms with Gasteiger partial charge in [-0.05, 0) is 31.0 Å². The number of aromatic nitrogens is 1. The van der Waals surface area contributed by atoms with Gasteiger partial charge in [0, 0.05) is 23.1 Å². The Hall–Kier alpha value is -2.67. The third-order valence-electron chi connectivity index (χ3n) is 5.15. The summed E-state index contributed by atoms with van der Waals surface area (Å²) in [7, 11) is 1.56. The number of halogens is 1. The molecule has 2 fully saturated rings. The number of methoxy groups -OCH3 is 1. The number of imide groups is 2. The van der Waals surface area contributed by atoms with Gasteiger partial charge in [-0.1, -0.05) is 24.4 Å². The fraction of sp³-hybridized carbons (Fsp3) is 0.368. The minimum absolute atomic E-state index is 0.0829. The molecule has 0 atom stereocenters. The van der Waals surface area contributed by atoms with Crippen molar-refractivity contribution in [2.24, 2.45) is 0 Å². The van der Waals surface area contributed by atoms with Crippen LogP contribution in [0.4, 0.5) is 4.79 Å². The van der Waals surface area contributed by atoms with Gasteiger partial charge in [-0.25, -0.2) is 9.78 Å². The smallest absolute Gasteiger partial charge is 0.334 e. The average Bonchev–Trinajstić information content (AvgIpc) is 3.25. The Kier molecular flexibility index (Phi) is 4.47. The number of fused-ring (bicyclic) bond motifs is 1. The number of ether oxygens (including phenoxy) is 1. The molecule has 0 N–H and O–H groups in total. The van der Waals surface area contributed by atoms with Crippen molar-refractivity contribution in [3.8, 4) is 5.75 Å². The van der Waals surface area contributed by atoms with Crippen LogP contribution in [-0.2, 0) is 16.1 Å². The van der Waals surface area contributed by atoms with E-state index in [2.05, 4.69) is 4.98 Å². The third kappa shape index (κ3) is 3.02. The Labute approximate surface area is 160 Å². The molecule has 2 heterocycles. The van der Waals surface area contributed by atoms with E-state index in [0.29, 0.717) is 16.8 Å². The minimum Gasteiger partial charge on any atom is -0.497 e. The summed E-state index contributed by atoms with van der Waals surface area (Å²) in [6.45, 7) is -0.0829. The van der Waals surface area contributed by atoms with E-state index in [4.69, 9.17) is 16.3 Å². The van der Waals surface area contributed by atoms with Crippen LogP contribution < -0.4 is 4.74 Å². The quantitative estimate of drug-likeness (QED) is 0.457. The second-order valence-electron chi connectivity index (χ2n) is 6.78. The van der Waals surface area contributed by atoms with Gasteiger partial charge < -0.3 is 4.74 Å². The molecule has 0 radical (unpaired) electrons. The maximum Gasteiger partial charge on any atom is 0.334 e. The summed E-state index contributed by atoms with van der Waals surface area (Å²) in [5.41, 5.74) is 1.16. The number of carbonyl (C=O) groups is 3. The van der Waals surface area contributed by atoms with Gasteiger partial charge in [-0.15, -0.1) is 0 Å². The maximum absolute atomic E-state index is 12.7. The fourth-order valence-corrected chi connectivity index (χ4v) is 3.93. The molecule has 1 saturated carbocycles. The molecule has 2 aromatic rings. The number of urea groups is 1. The van der Waals surface area contributed by atoms with Gasteiger partial charge in [0.2, 0.25) is 0 Å². The van der Waals surface area contributed by atoms with Crippen molar-refractivity contribution in [3.63, 3.8) is 0 Å². The molecule has 1 aromatic heterocycles. The van der Waals surface area contributed by atoms with Gasteiger partial charge in [-0.3, -0.25) is 19.4 Å². The molecule has 140 valence electrons. The number of benzene rings is 1. The molecule has 4 amide bonds. The summed E-state index contributed by atoms with van der Waals surface area (Å²) >= 11 is 6.27. The van der Waals surface area contributed by atoms with Crippen LogP contribution in [0.25, 0.3) is 10.9 Å². The Balaban J connectivity index is 1.63. The highest BCUT2D eigenvalue weighted by molar-refractivity contribution is 6.44. The van der Waals surface area contributed by atoms with Gasteiger partial charge in [-0.2, -0.15) is 0 Å². The average molecular weight is 388 g/mol. The van der Waals surface area contributed by atoms with Crippen LogP contribution in [0.15, 0.2) is 24.3 Å². The molecule has 0 bridgehead atoms. The first-order valence-electron chi connectivity index (χ1n) is 8.82. The molecule has 2 aliphatic rings. The van der Waals surface area contributed by atoms with Crippen molar-refractivity contribution >= 4 is 40.3 Å². The molecular weight excluding hydrogens is 370 g/mol. The lowest BCUT2D eigenvalue weighted by atomic mass is 10.1. The molecule has 1 saturated heterocycles. The van der Waals surface area contributed by atoms with E-state index in [1.807, 2.05) is 6.07 Å². The van der Waals surface area contributed by atoms with Gasteiger partial charge in [0.15, 0.2) is 0 Å². The first-order chi connectivity index (χ1) is 13.0. The molecular formula is C19H18ClN3O4. The largest absolute Gasteiger partial charge is 0.497 e. The predicted octanol–water partition coefficient (Wildman–Crippen LogP) is 3.13. The lowest BCUT2D eigenvalue weighted by Gasteiger charge is -2.21. The van der Waals surface area contributed by atoms with Crippen LogP contribution in [0.1, 0.15) is 31.2 Å². The molecule has 1 aliphatic heterocycles. The predicted molar refractivity (Wildman–Crippen MR) is 98.4 cm³/mol. The van der Waals surface area contributed by atoms with Crippen LogP contribution in [0.3, 0.4) is 0 Å². The first kappa shape index (κ1) is 17.7. The summed E-state index contributed by atoms with van der Waals surface area (Å²) < 4.78 is 5.18. The minimum atomic E-state index is -0.808. The highest BCUT2D eigenvalue weighted by atomic mass is 35.5. The Morgan fingerprint density at radius 1 is 1.15 bits per heavy atom. The maximum atomic E-state index is 12.7.